The molecule has 1 saturated heterocycles. The molecule has 1 saturated carbocycles. The molecule has 0 bridgehead atoms. The molecule has 1 aliphatic heterocycles. The third kappa shape index (κ3) is 2.79. The normalized spacial score (nSPS) is 22.1. The summed E-state index contributed by atoms with van der Waals surface area (Å²) in [5, 5.41) is 0. The summed E-state index contributed by atoms with van der Waals surface area (Å²) in [4.78, 5) is 14.9. The smallest absolute Gasteiger partial charge is 0.226 e. The lowest BCUT2D eigenvalue weighted by Gasteiger charge is -2.28. The van der Waals surface area contributed by atoms with Crippen LogP contribution < -0.4 is 9.47 Å². The number of hydrogen-bond donors (Lipinski definition) is 0. The highest BCUT2D eigenvalue weighted by atomic mass is 16.5. The molecule has 1 aromatic rings. The van der Waals surface area contributed by atoms with E-state index in [1.165, 1.54) is 12.8 Å². The number of carbonyl (C=O) groups is 1. The van der Waals surface area contributed by atoms with E-state index in [2.05, 4.69) is 11.0 Å². The number of rotatable bonds is 4. The monoisotopic (exact) mass is 303 g/mol. The van der Waals surface area contributed by atoms with Gasteiger partial charge in [0.15, 0.2) is 11.5 Å². The first-order chi connectivity index (χ1) is 10.7. The third-order valence-electron chi connectivity index (χ3n) is 5.03. The summed E-state index contributed by atoms with van der Waals surface area (Å²) in [6, 6.07) is 6.20. The van der Waals surface area contributed by atoms with Gasteiger partial charge in [0.2, 0.25) is 5.91 Å². The van der Waals surface area contributed by atoms with Gasteiger partial charge in [-0.05, 0) is 43.4 Å². The average molecular weight is 303 g/mol. The number of carbonyl (C=O) groups excluding carboxylic acids is 1. The second-order valence-corrected chi connectivity index (χ2v) is 6.29. The summed E-state index contributed by atoms with van der Waals surface area (Å²) in [6.07, 6.45) is 6.64. The maximum atomic E-state index is 12.8. The van der Waals surface area contributed by atoms with Gasteiger partial charge in [-0.2, -0.15) is 0 Å². The molecule has 0 N–H and O–H groups in total. The number of methoxy groups -OCH3 is 2. The van der Waals surface area contributed by atoms with Crippen molar-refractivity contribution in [1.29, 1.82) is 0 Å². The number of amides is 1. The lowest BCUT2D eigenvalue weighted by Crippen LogP contribution is -2.34. The van der Waals surface area contributed by atoms with Gasteiger partial charge in [0.05, 0.1) is 20.3 Å². The van der Waals surface area contributed by atoms with Gasteiger partial charge in [0, 0.05) is 12.5 Å². The number of ether oxygens (including phenoxy) is 2. The van der Waals surface area contributed by atoms with Gasteiger partial charge in [-0.3, -0.25) is 4.79 Å². The van der Waals surface area contributed by atoms with Crippen molar-refractivity contribution < 1.29 is 14.3 Å². The first-order valence-electron chi connectivity index (χ1n) is 8.27. The molecule has 120 valence electrons. The van der Waals surface area contributed by atoms with E-state index in [1.54, 1.807) is 14.2 Å². The van der Waals surface area contributed by atoms with Crippen LogP contribution >= 0.6 is 0 Å². The van der Waals surface area contributed by atoms with Gasteiger partial charge in [-0.25, -0.2) is 0 Å². The summed E-state index contributed by atoms with van der Waals surface area (Å²) < 4.78 is 10.7. The van der Waals surface area contributed by atoms with Gasteiger partial charge < -0.3 is 14.4 Å². The second kappa shape index (κ2) is 6.59. The van der Waals surface area contributed by atoms with E-state index in [1.807, 2.05) is 12.1 Å². The molecule has 1 heterocycles. The molecule has 0 radical (unpaired) electrons. The van der Waals surface area contributed by atoms with Gasteiger partial charge in [-0.1, -0.05) is 18.9 Å². The van der Waals surface area contributed by atoms with Gasteiger partial charge in [-0.15, -0.1) is 0 Å². The standard InChI is InChI=1S/C18H25NO3/c1-21-16-10-9-14(12-17(16)22-2)15-8-5-11-19(15)18(20)13-6-3-4-7-13/h9-10,12-13,15H,3-8,11H2,1-2H3. The second-order valence-electron chi connectivity index (χ2n) is 6.29. The highest BCUT2D eigenvalue weighted by molar-refractivity contribution is 5.80. The SMILES string of the molecule is COc1ccc(C2CCCN2C(=O)C2CCCC2)cc1OC. The predicted octanol–water partition coefficient (Wildman–Crippen LogP) is 3.56. The van der Waals surface area contributed by atoms with E-state index < -0.39 is 0 Å². The molecule has 1 amide bonds. The zero-order chi connectivity index (χ0) is 15.5. The highest BCUT2D eigenvalue weighted by Crippen LogP contribution is 2.39. The van der Waals surface area contributed by atoms with Crippen LogP contribution in [0.2, 0.25) is 0 Å². The van der Waals surface area contributed by atoms with Crippen LogP contribution in [0.4, 0.5) is 0 Å². The molecule has 3 rings (SSSR count). The Kier molecular flexibility index (Phi) is 4.55. The lowest BCUT2D eigenvalue weighted by molar-refractivity contribution is -0.136. The van der Waals surface area contributed by atoms with Gasteiger partial charge >= 0.3 is 0 Å². The van der Waals surface area contributed by atoms with Crippen molar-refractivity contribution in [2.75, 3.05) is 20.8 Å². The largest absolute Gasteiger partial charge is 0.493 e. The maximum absolute atomic E-state index is 12.8. The Bertz CT molecular complexity index is 537. The number of benzene rings is 1. The Hall–Kier alpha value is -1.71. The zero-order valence-electron chi connectivity index (χ0n) is 13.5. The molecule has 0 aromatic heterocycles. The Morgan fingerprint density at radius 2 is 1.77 bits per heavy atom. The van der Waals surface area contributed by atoms with Gasteiger partial charge in [0.1, 0.15) is 0 Å². The Morgan fingerprint density at radius 1 is 1.05 bits per heavy atom. The molecule has 22 heavy (non-hydrogen) atoms. The van der Waals surface area contributed by atoms with Crippen LogP contribution in [0.3, 0.4) is 0 Å². The minimum absolute atomic E-state index is 0.188. The van der Waals surface area contributed by atoms with Crippen molar-refractivity contribution >= 4 is 5.91 Å². The topological polar surface area (TPSA) is 38.8 Å². The summed E-state index contributed by atoms with van der Waals surface area (Å²) in [7, 11) is 3.29. The van der Waals surface area contributed by atoms with Crippen LogP contribution in [0.15, 0.2) is 18.2 Å². The number of hydrogen-bond acceptors (Lipinski definition) is 3. The highest BCUT2D eigenvalue weighted by Gasteiger charge is 2.35. The van der Waals surface area contributed by atoms with Crippen molar-refractivity contribution in [2.45, 2.75) is 44.6 Å². The van der Waals surface area contributed by atoms with Crippen molar-refractivity contribution in [3.05, 3.63) is 23.8 Å². The first kappa shape index (κ1) is 15.2. The van der Waals surface area contributed by atoms with Crippen LogP contribution in [-0.4, -0.2) is 31.6 Å². The van der Waals surface area contributed by atoms with E-state index in [-0.39, 0.29) is 12.0 Å². The van der Waals surface area contributed by atoms with Crippen molar-refractivity contribution in [3.63, 3.8) is 0 Å². The van der Waals surface area contributed by atoms with Crippen molar-refractivity contribution in [2.24, 2.45) is 5.92 Å². The first-order valence-corrected chi connectivity index (χ1v) is 8.27. The fourth-order valence-corrected chi connectivity index (χ4v) is 3.84. The van der Waals surface area contributed by atoms with Crippen LogP contribution in [0, 0.1) is 5.92 Å². The fraction of sp³-hybridized carbons (Fsp3) is 0.611. The van der Waals surface area contributed by atoms with E-state index in [0.717, 1.165) is 49.3 Å². The summed E-state index contributed by atoms with van der Waals surface area (Å²) >= 11 is 0. The summed E-state index contributed by atoms with van der Waals surface area (Å²) in [5.74, 6) is 2.08. The van der Waals surface area contributed by atoms with E-state index >= 15 is 0 Å². The third-order valence-corrected chi connectivity index (χ3v) is 5.03. The molecule has 2 aliphatic rings. The minimum Gasteiger partial charge on any atom is -0.493 e. The molecular formula is C18H25NO3. The molecule has 1 aromatic carbocycles. The van der Waals surface area contributed by atoms with Crippen molar-refractivity contribution in [3.8, 4) is 11.5 Å². The van der Waals surface area contributed by atoms with Crippen molar-refractivity contribution in [1.82, 2.24) is 4.90 Å². The predicted molar refractivity (Wildman–Crippen MR) is 85.2 cm³/mol. The van der Waals surface area contributed by atoms with Gasteiger partial charge in [0.25, 0.3) is 0 Å². The van der Waals surface area contributed by atoms with Crippen LogP contribution in [0.5, 0.6) is 11.5 Å². The quantitative estimate of drug-likeness (QED) is 0.853. The number of nitrogens with zero attached hydrogens (tertiary/aromatic N) is 1. The van der Waals surface area contributed by atoms with E-state index in [4.69, 9.17) is 9.47 Å². The molecule has 4 heteroatoms. The molecule has 1 atom stereocenters. The van der Waals surface area contributed by atoms with E-state index in [9.17, 15) is 4.79 Å². The van der Waals surface area contributed by atoms with E-state index in [0.29, 0.717) is 5.91 Å². The zero-order valence-corrected chi connectivity index (χ0v) is 13.5. The molecule has 1 unspecified atom stereocenters. The molecule has 1 aliphatic carbocycles. The summed E-state index contributed by atoms with van der Waals surface area (Å²) in [6.45, 7) is 0.883. The summed E-state index contributed by atoms with van der Waals surface area (Å²) in [5.41, 5.74) is 1.15. The molecule has 4 nitrogen and oxygen atoms in total. The van der Waals surface area contributed by atoms with Crippen LogP contribution in [0.1, 0.15) is 50.1 Å². The molecular weight excluding hydrogens is 278 g/mol. The minimum atomic E-state index is 0.188. The Morgan fingerprint density at radius 3 is 2.45 bits per heavy atom. The van der Waals surface area contributed by atoms with Crippen LogP contribution in [-0.2, 0) is 4.79 Å². The lowest BCUT2D eigenvalue weighted by atomic mass is 10.0. The maximum Gasteiger partial charge on any atom is 0.226 e. The fourth-order valence-electron chi connectivity index (χ4n) is 3.84. The molecule has 2 fully saturated rings. The van der Waals surface area contributed by atoms with Crippen LogP contribution in [0.25, 0.3) is 0 Å². The molecule has 0 spiro atoms. The average Bonchev–Trinajstić information content (AvgIpc) is 3.24. The Balaban J connectivity index is 1.82. The Labute approximate surface area is 132 Å². The number of likely N-dealkylation sites (tertiary alicyclic amines) is 1.